The van der Waals surface area contributed by atoms with Crippen LogP contribution in [0.3, 0.4) is 0 Å². The Morgan fingerprint density at radius 1 is 1.39 bits per heavy atom. The average Bonchev–Trinajstić information content (AvgIpc) is 2.77. The van der Waals surface area contributed by atoms with Gasteiger partial charge in [-0.25, -0.2) is 0 Å². The number of aliphatic hydroxyl groups excluding tert-OH is 1. The van der Waals surface area contributed by atoms with E-state index in [1.807, 2.05) is 13.8 Å². The second-order valence-corrected chi connectivity index (χ2v) is 5.31. The second kappa shape index (κ2) is 6.29. The Bertz CT molecular complexity index is 359. The van der Waals surface area contributed by atoms with Gasteiger partial charge in [-0.1, -0.05) is 19.0 Å². The maximum absolute atomic E-state index is 9.76. The minimum absolute atomic E-state index is 0.196. The van der Waals surface area contributed by atoms with Gasteiger partial charge in [-0.2, -0.15) is 4.98 Å². The molecular weight excluding hydrogens is 232 g/mol. The molecule has 0 amide bonds. The molecule has 1 aliphatic rings. The highest BCUT2D eigenvalue weighted by molar-refractivity contribution is 4.91. The lowest BCUT2D eigenvalue weighted by atomic mass is 10.0. The quantitative estimate of drug-likeness (QED) is 0.866. The molecule has 1 fully saturated rings. The number of hydrogen-bond acceptors (Lipinski definition) is 5. The molecule has 0 saturated carbocycles. The third-order valence-electron chi connectivity index (χ3n) is 3.35. The van der Waals surface area contributed by atoms with E-state index >= 15 is 0 Å². The Labute approximate surface area is 108 Å². The van der Waals surface area contributed by atoms with Crippen molar-refractivity contribution in [3.8, 4) is 0 Å². The monoisotopic (exact) mass is 254 g/mol. The molecule has 0 spiro atoms. The molecule has 1 saturated heterocycles. The zero-order valence-corrected chi connectivity index (χ0v) is 11.1. The molecule has 5 nitrogen and oxygen atoms in total. The molecule has 2 atom stereocenters. The molecule has 102 valence electrons. The summed E-state index contributed by atoms with van der Waals surface area (Å²) >= 11 is 0. The number of ether oxygens (including phenoxy) is 1. The lowest BCUT2D eigenvalue weighted by molar-refractivity contribution is 0.0153. The van der Waals surface area contributed by atoms with E-state index in [0.717, 1.165) is 19.4 Å². The molecule has 1 N–H and O–H groups in total. The van der Waals surface area contributed by atoms with E-state index < -0.39 is 6.10 Å². The summed E-state index contributed by atoms with van der Waals surface area (Å²) in [5, 5.41) is 13.7. The zero-order valence-electron chi connectivity index (χ0n) is 11.1. The van der Waals surface area contributed by atoms with Crippen LogP contribution in [-0.4, -0.2) is 34.1 Å². The van der Waals surface area contributed by atoms with E-state index in [2.05, 4.69) is 10.1 Å². The Hall–Kier alpha value is -0.940. The van der Waals surface area contributed by atoms with Gasteiger partial charge in [-0.15, -0.1) is 0 Å². The van der Waals surface area contributed by atoms with Gasteiger partial charge in [-0.3, -0.25) is 0 Å². The van der Waals surface area contributed by atoms with Gasteiger partial charge in [0.15, 0.2) is 5.82 Å². The molecule has 1 aliphatic heterocycles. The molecule has 2 rings (SSSR count). The first kappa shape index (κ1) is 13.5. The molecule has 0 aliphatic carbocycles. The van der Waals surface area contributed by atoms with E-state index in [4.69, 9.17) is 9.26 Å². The number of aliphatic hydroxyl groups is 1. The maximum atomic E-state index is 9.76. The third-order valence-corrected chi connectivity index (χ3v) is 3.35. The Morgan fingerprint density at radius 3 is 2.89 bits per heavy atom. The van der Waals surface area contributed by atoms with E-state index in [1.54, 1.807) is 0 Å². The second-order valence-electron chi connectivity index (χ2n) is 5.31. The predicted octanol–water partition coefficient (Wildman–Crippen LogP) is 1.74. The van der Waals surface area contributed by atoms with Crippen LogP contribution >= 0.6 is 0 Å². The van der Waals surface area contributed by atoms with Crippen LogP contribution in [-0.2, 0) is 17.6 Å². The summed E-state index contributed by atoms with van der Waals surface area (Å²) in [6.45, 7) is 4.77. The van der Waals surface area contributed by atoms with Crippen LogP contribution in [0.5, 0.6) is 0 Å². The number of aromatic nitrogens is 2. The molecule has 2 heterocycles. The van der Waals surface area contributed by atoms with Gasteiger partial charge in [-0.05, 0) is 25.2 Å². The highest BCUT2D eigenvalue weighted by Gasteiger charge is 2.19. The smallest absolute Gasteiger partial charge is 0.229 e. The summed E-state index contributed by atoms with van der Waals surface area (Å²) in [4.78, 5) is 4.31. The first-order chi connectivity index (χ1) is 8.65. The summed E-state index contributed by atoms with van der Waals surface area (Å²) in [7, 11) is 0. The van der Waals surface area contributed by atoms with Crippen LogP contribution in [0.4, 0.5) is 0 Å². The molecule has 18 heavy (non-hydrogen) atoms. The zero-order chi connectivity index (χ0) is 13.0. The van der Waals surface area contributed by atoms with Crippen LogP contribution in [0.15, 0.2) is 4.52 Å². The fourth-order valence-corrected chi connectivity index (χ4v) is 2.04. The van der Waals surface area contributed by atoms with Gasteiger partial charge in [0.25, 0.3) is 0 Å². The predicted molar refractivity (Wildman–Crippen MR) is 66.1 cm³/mol. The summed E-state index contributed by atoms with van der Waals surface area (Å²) in [6.07, 6.45) is 4.36. The van der Waals surface area contributed by atoms with E-state index in [0.29, 0.717) is 24.6 Å². The van der Waals surface area contributed by atoms with Gasteiger partial charge >= 0.3 is 0 Å². The van der Waals surface area contributed by atoms with E-state index in [9.17, 15) is 5.11 Å². The Morgan fingerprint density at radius 2 is 2.22 bits per heavy atom. The lowest BCUT2D eigenvalue weighted by Gasteiger charge is -2.20. The molecule has 0 bridgehead atoms. The molecule has 1 aromatic heterocycles. The van der Waals surface area contributed by atoms with Crippen molar-refractivity contribution in [3.05, 3.63) is 11.7 Å². The highest BCUT2D eigenvalue weighted by Crippen LogP contribution is 2.16. The summed E-state index contributed by atoms with van der Waals surface area (Å²) in [5.41, 5.74) is 0. The van der Waals surface area contributed by atoms with Crippen molar-refractivity contribution < 1.29 is 14.4 Å². The summed E-state index contributed by atoms with van der Waals surface area (Å²) < 4.78 is 10.8. The third kappa shape index (κ3) is 3.78. The maximum Gasteiger partial charge on any atom is 0.229 e. The minimum atomic E-state index is -0.427. The number of rotatable bonds is 5. The fraction of sp³-hybridized carbons (Fsp3) is 0.846. The first-order valence-corrected chi connectivity index (χ1v) is 6.76. The lowest BCUT2D eigenvalue weighted by Crippen LogP contribution is -2.22. The number of nitrogens with zero attached hydrogens (tertiary/aromatic N) is 2. The average molecular weight is 254 g/mol. The van der Waals surface area contributed by atoms with Crippen LogP contribution in [0, 0.1) is 5.92 Å². The fourth-order valence-electron chi connectivity index (χ4n) is 2.04. The van der Waals surface area contributed by atoms with Crippen molar-refractivity contribution >= 4 is 0 Å². The van der Waals surface area contributed by atoms with Gasteiger partial charge < -0.3 is 14.4 Å². The van der Waals surface area contributed by atoms with Crippen molar-refractivity contribution in [3.63, 3.8) is 0 Å². The van der Waals surface area contributed by atoms with Crippen LogP contribution in [0.25, 0.3) is 0 Å². The SMILES string of the molecule is CC(C)C(O)Cc1nc(CC2CCCCO2)no1. The highest BCUT2D eigenvalue weighted by atomic mass is 16.5. The van der Waals surface area contributed by atoms with Crippen molar-refractivity contribution in [1.82, 2.24) is 10.1 Å². The van der Waals surface area contributed by atoms with Gasteiger partial charge in [0.05, 0.1) is 18.6 Å². The normalized spacial score (nSPS) is 22.3. The molecule has 0 aromatic carbocycles. The summed E-state index contributed by atoms with van der Waals surface area (Å²) in [6, 6.07) is 0. The Kier molecular flexibility index (Phi) is 4.72. The van der Waals surface area contributed by atoms with Crippen LogP contribution in [0.1, 0.15) is 44.8 Å². The minimum Gasteiger partial charge on any atom is -0.392 e. The van der Waals surface area contributed by atoms with Crippen molar-refractivity contribution in [2.24, 2.45) is 5.92 Å². The van der Waals surface area contributed by atoms with Gasteiger partial charge in [0, 0.05) is 13.0 Å². The van der Waals surface area contributed by atoms with Gasteiger partial charge in [0.1, 0.15) is 0 Å². The van der Waals surface area contributed by atoms with Crippen LogP contribution < -0.4 is 0 Å². The number of hydrogen-bond donors (Lipinski definition) is 1. The molecular formula is C13H22N2O3. The standard InChI is InChI=1S/C13H22N2O3/c1-9(2)11(16)8-13-14-12(15-18-13)7-10-5-3-4-6-17-10/h9-11,16H,3-8H2,1-2H3. The van der Waals surface area contributed by atoms with Gasteiger partial charge in [0.2, 0.25) is 5.89 Å². The topological polar surface area (TPSA) is 68.4 Å². The van der Waals surface area contributed by atoms with Crippen molar-refractivity contribution in [1.29, 1.82) is 0 Å². The van der Waals surface area contributed by atoms with E-state index in [-0.39, 0.29) is 12.0 Å². The summed E-state index contributed by atoms with van der Waals surface area (Å²) in [5.74, 6) is 1.40. The van der Waals surface area contributed by atoms with Crippen molar-refractivity contribution in [2.75, 3.05) is 6.61 Å². The molecule has 1 aromatic rings. The molecule has 5 heteroatoms. The Balaban J connectivity index is 1.85. The van der Waals surface area contributed by atoms with E-state index in [1.165, 1.54) is 6.42 Å². The first-order valence-electron chi connectivity index (χ1n) is 6.76. The largest absolute Gasteiger partial charge is 0.392 e. The molecule has 0 radical (unpaired) electrons. The van der Waals surface area contributed by atoms with Crippen molar-refractivity contribution in [2.45, 2.75) is 58.2 Å². The molecule has 2 unspecified atom stereocenters. The van der Waals surface area contributed by atoms with Crippen LogP contribution in [0.2, 0.25) is 0 Å².